The zero-order chi connectivity index (χ0) is 17.5. The molecule has 0 spiro atoms. The minimum Gasteiger partial charge on any atom is -0.494 e. The Hall–Kier alpha value is -1.12. The lowest BCUT2D eigenvalue weighted by molar-refractivity contribution is 0.191. The van der Waals surface area contributed by atoms with Gasteiger partial charge in [0.25, 0.3) is 0 Å². The van der Waals surface area contributed by atoms with Gasteiger partial charge in [-0.1, -0.05) is 45.6 Å². The molecule has 1 aromatic rings. The average Bonchev–Trinajstić information content (AvgIpc) is 2.59. The Morgan fingerprint density at radius 2 is 1.79 bits per heavy atom. The molecule has 1 nitrogen and oxygen atoms in total. The van der Waals surface area contributed by atoms with Crippen molar-refractivity contribution in [3.8, 4) is 5.75 Å². The highest BCUT2D eigenvalue weighted by molar-refractivity contribution is 5.31. The molecule has 1 atom stereocenters. The molecule has 1 aliphatic carbocycles. The molecule has 1 aliphatic rings. The van der Waals surface area contributed by atoms with Crippen molar-refractivity contribution in [2.24, 2.45) is 17.8 Å². The molecule has 0 saturated heterocycles. The van der Waals surface area contributed by atoms with Gasteiger partial charge in [0, 0.05) is 0 Å². The number of hydrogen-bond acceptors (Lipinski definition) is 1. The summed E-state index contributed by atoms with van der Waals surface area (Å²) >= 11 is 0. The van der Waals surface area contributed by atoms with E-state index < -0.39 is 11.6 Å². The van der Waals surface area contributed by atoms with E-state index in [4.69, 9.17) is 4.74 Å². The predicted molar refractivity (Wildman–Crippen MR) is 95.4 cm³/mol. The Labute approximate surface area is 145 Å². The molecular formula is C21H32F2O. The topological polar surface area (TPSA) is 9.23 Å². The van der Waals surface area contributed by atoms with Gasteiger partial charge >= 0.3 is 0 Å². The minimum absolute atomic E-state index is 0.0172. The van der Waals surface area contributed by atoms with Crippen LogP contribution in [-0.4, -0.2) is 7.11 Å². The molecule has 0 aliphatic heterocycles. The van der Waals surface area contributed by atoms with Gasteiger partial charge in [-0.2, -0.15) is 4.39 Å². The third-order valence-corrected chi connectivity index (χ3v) is 5.75. The summed E-state index contributed by atoms with van der Waals surface area (Å²) < 4.78 is 32.7. The first kappa shape index (κ1) is 19.2. The second-order valence-electron chi connectivity index (χ2n) is 7.52. The highest BCUT2D eigenvalue weighted by Crippen LogP contribution is 2.37. The van der Waals surface area contributed by atoms with E-state index in [2.05, 4.69) is 13.8 Å². The number of halogens is 2. The van der Waals surface area contributed by atoms with E-state index in [9.17, 15) is 8.78 Å². The van der Waals surface area contributed by atoms with Crippen LogP contribution in [0.15, 0.2) is 12.1 Å². The first-order valence-corrected chi connectivity index (χ1v) is 9.57. The maximum atomic E-state index is 14.1. The summed E-state index contributed by atoms with van der Waals surface area (Å²) in [7, 11) is 1.36. The molecule has 24 heavy (non-hydrogen) atoms. The monoisotopic (exact) mass is 338 g/mol. The van der Waals surface area contributed by atoms with Crippen LogP contribution >= 0.6 is 0 Å². The number of aryl methyl sites for hydroxylation is 1. The van der Waals surface area contributed by atoms with Crippen LogP contribution in [0.25, 0.3) is 0 Å². The lowest BCUT2D eigenvalue weighted by atomic mass is 9.73. The molecule has 0 radical (unpaired) electrons. The van der Waals surface area contributed by atoms with Crippen LogP contribution in [0.1, 0.15) is 70.8 Å². The Bertz CT molecular complexity index is 507. The van der Waals surface area contributed by atoms with Crippen molar-refractivity contribution in [1.29, 1.82) is 0 Å². The van der Waals surface area contributed by atoms with E-state index >= 15 is 0 Å². The molecule has 1 aromatic carbocycles. The lowest BCUT2D eigenvalue weighted by Gasteiger charge is -2.33. The van der Waals surface area contributed by atoms with Gasteiger partial charge < -0.3 is 4.74 Å². The van der Waals surface area contributed by atoms with E-state index in [0.29, 0.717) is 12.0 Å². The molecule has 0 amide bonds. The van der Waals surface area contributed by atoms with E-state index in [1.807, 2.05) is 0 Å². The summed E-state index contributed by atoms with van der Waals surface area (Å²) in [6.07, 6.45) is 10.5. The SMILES string of the molecule is CCCC(CCCc1ccc(OC)c(F)c1F)C1CCC(C)CC1. The number of rotatable bonds is 8. The summed E-state index contributed by atoms with van der Waals surface area (Å²) in [5, 5.41) is 0. The molecule has 0 bridgehead atoms. The number of benzene rings is 1. The molecule has 0 N–H and O–H groups in total. The summed E-state index contributed by atoms with van der Waals surface area (Å²) in [5.74, 6) is 0.831. The number of ether oxygens (including phenoxy) is 1. The summed E-state index contributed by atoms with van der Waals surface area (Å²) in [6, 6.07) is 3.19. The summed E-state index contributed by atoms with van der Waals surface area (Å²) in [4.78, 5) is 0. The van der Waals surface area contributed by atoms with Crippen LogP contribution in [0.2, 0.25) is 0 Å². The standard InChI is InChI=1S/C21H32F2O/c1-4-6-16(17-11-9-15(2)10-12-17)7-5-8-18-13-14-19(24-3)21(23)20(18)22/h13-17H,4-12H2,1-3H3. The van der Waals surface area contributed by atoms with Gasteiger partial charge in [-0.25, -0.2) is 4.39 Å². The molecule has 1 fully saturated rings. The second-order valence-corrected chi connectivity index (χ2v) is 7.52. The third-order valence-electron chi connectivity index (χ3n) is 5.75. The van der Waals surface area contributed by atoms with Gasteiger partial charge in [0.2, 0.25) is 5.82 Å². The maximum Gasteiger partial charge on any atom is 0.200 e. The summed E-state index contributed by atoms with van der Waals surface area (Å²) in [6.45, 7) is 4.60. The van der Waals surface area contributed by atoms with Crippen LogP contribution in [-0.2, 0) is 6.42 Å². The molecule has 3 heteroatoms. The Morgan fingerprint density at radius 3 is 2.42 bits per heavy atom. The van der Waals surface area contributed by atoms with Gasteiger partial charge in [-0.05, 0) is 61.5 Å². The van der Waals surface area contributed by atoms with E-state index in [0.717, 1.165) is 30.6 Å². The van der Waals surface area contributed by atoms with Crippen LogP contribution in [0, 0.1) is 29.4 Å². The molecule has 1 saturated carbocycles. The third kappa shape index (κ3) is 4.94. The first-order valence-electron chi connectivity index (χ1n) is 9.57. The van der Waals surface area contributed by atoms with Crippen LogP contribution in [0.4, 0.5) is 8.78 Å². The Kier molecular flexibility index (Phi) is 7.51. The van der Waals surface area contributed by atoms with Crippen LogP contribution < -0.4 is 4.74 Å². The molecular weight excluding hydrogens is 306 g/mol. The smallest absolute Gasteiger partial charge is 0.200 e. The Balaban J connectivity index is 1.89. The van der Waals surface area contributed by atoms with Crippen molar-refractivity contribution in [3.05, 3.63) is 29.3 Å². The average molecular weight is 338 g/mol. The van der Waals surface area contributed by atoms with E-state index in [-0.39, 0.29) is 5.75 Å². The maximum absolute atomic E-state index is 14.1. The zero-order valence-corrected chi connectivity index (χ0v) is 15.4. The lowest BCUT2D eigenvalue weighted by Crippen LogP contribution is -2.21. The molecule has 0 aromatic heterocycles. The van der Waals surface area contributed by atoms with Gasteiger partial charge in [0.1, 0.15) is 0 Å². The van der Waals surface area contributed by atoms with Gasteiger partial charge in [-0.3, -0.25) is 0 Å². The Morgan fingerprint density at radius 1 is 1.08 bits per heavy atom. The van der Waals surface area contributed by atoms with Crippen molar-refractivity contribution < 1.29 is 13.5 Å². The first-order chi connectivity index (χ1) is 11.6. The van der Waals surface area contributed by atoms with Gasteiger partial charge in [0.15, 0.2) is 11.6 Å². The second kappa shape index (κ2) is 9.39. The fraction of sp³-hybridized carbons (Fsp3) is 0.714. The fourth-order valence-corrected chi connectivity index (χ4v) is 4.22. The van der Waals surface area contributed by atoms with Crippen LogP contribution in [0.3, 0.4) is 0 Å². The fourth-order valence-electron chi connectivity index (χ4n) is 4.22. The minimum atomic E-state index is -0.860. The van der Waals surface area contributed by atoms with Crippen molar-refractivity contribution in [2.45, 2.75) is 71.6 Å². The number of hydrogen-bond donors (Lipinski definition) is 0. The zero-order valence-electron chi connectivity index (χ0n) is 15.4. The number of methoxy groups -OCH3 is 1. The van der Waals surface area contributed by atoms with Crippen molar-refractivity contribution in [1.82, 2.24) is 0 Å². The van der Waals surface area contributed by atoms with Gasteiger partial charge in [-0.15, -0.1) is 0 Å². The molecule has 2 rings (SSSR count). The van der Waals surface area contributed by atoms with E-state index in [1.165, 1.54) is 51.7 Å². The molecule has 1 unspecified atom stereocenters. The summed E-state index contributed by atoms with van der Waals surface area (Å²) in [5.41, 5.74) is 0.473. The van der Waals surface area contributed by atoms with Crippen molar-refractivity contribution >= 4 is 0 Å². The highest BCUT2D eigenvalue weighted by Gasteiger charge is 2.25. The molecule has 0 heterocycles. The normalized spacial score (nSPS) is 22.4. The quantitative estimate of drug-likeness (QED) is 0.523. The van der Waals surface area contributed by atoms with Crippen LogP contribution in [0.5, 0.6) is 5.75 Å². The highest BCUT2D eigenvalue weighted by atomic mass is 19.2. The largest absolute Gasteiger partial charge is 0.494 e. The van der Waals surface area contributed by atoms with Gasteiger partial charge in [0.05, 0.1) is 7.11 Å². The van der Waals surface area contributed by atoms with Crippen molar-refractivity contribution in [3.63, 3.8) is 0 Å². The predicted octanol–water partition coefficient (Wildman–Crippen LogP) is 6.54. The van der Waals surface area contributed by atoms with Crippen molar-refractivity contribution in [2.75, 3.05) is 7.11 Å². The molecule has 136 valence electrons. The van der Waals surface area contributed by atoms with E-state index in [1.54, 1.807) is 6.07 Å².